The van der Waals surface area contributed by atoms with Crippen molar-refractivity contribution in [3.63, 3.8) is 0 Å². The second kappa shape index (κ2) is 7.12. The SMILES string of the molecule is O=C(O)C1CC1c1ccc(OC(S)c2cccc(CC3CC3)n2)c(Cl)c1. The Balaban J connectivity index is 1.44. The third kappa shape index (κ3) is 3.99. The highest BCUT2D eigenvalue weighted by Crippen LogP contribution is 2.49. The van der Waals surface area contributed by atoms with Gasteiger partial charge in [-0.1, -0.05) is 23.7 Å². The maximum absolute atomic E-state index is 11.0. The number of ether oxygens (including phenoxy) is 1. The van der Waals surface area contributed by atoms with E-state index in [4.69, 9.17) is 21.4 Å². The Morgan fingerprint density at radius 2 is 2.15 bits per heavy atom. The lowest BCUT2D eigenvalue weighted by Crippen LogP contribution is -2.05. The van der Waals surface area contributed by atoms with Crippen LogP contribution in [0.4, 0.5) is 0 Å². The fourth-order valence-corrected chi connectivity index (χ4v) is 3.72. The first-order valence-corrected chi connectivity index (χ1v) is 9.73. The van der Waals surface area contributed by atoms with E-state index in [-0.39, 0.29) is 11.8 Å². The number of halogens is 1. The van der Waals surface area contributed by atoms with E-state index < -0.39 is 11.4 Å². The van der Waals surface area contributed by atoms with Gasteiger partial charge in [-0.05, 0) is 67.3 Å². The molecule has 1 aromatic carbocycles. The minimum absolute atomic E-state index is 0.0478. The molecule has 2 aliphatic rings. The van der Waals surface area contributed by atoms with Crippen LogP contribution in [0.15, 0.2) is 36.4 Å². The minimum Gasteiger partial charge on any atom is -0.481 e. The number of carboxylic acid groups (broad SMARTS) is 1. The molecular formula is C20H20ClNO3S. The summed E-state index contributed by atoms with van der Waals surface area (Å²) in [6.07, 6.45) is 4.26. The van der Waals surface area contributed by atoms with E-state index in [1.165, 1.54) is 12.8 Å². The van der Waals surface area contributed by atoms with Crippen LogP contribution < -0.4 is 4.74 Å². The summed E-state index contributed by atoms with van der Waals surface area (Å²) in [6.45, 7) is 0. The van der Waals surface area contributed by atoms with E-state index in [1.807, 2.05) is 24.3 Å². The van der Waals surface area contributed by atoms with Gasteiger partial charge in [0.1, 0.15) is 5.75 Å². The molecule has 0 radical (unpaired) electrons. The summed E-state index contributed by atoms with van der Waals surface area (Å²) in [5.74, 6) is 0.299. The van der Waals surface area contributed by atoms with E-state index in [1.54, 1.807) is 12.1 Å². The van der Waals surface area contributed by atoms with Crippen molar-refractivity contribution in [2.45, 2.75) is 37.0 Å². The van der Waals surface area contributed by atoms with Crippen LogP contribution in [0, 0.1) is 11.8 Å². The van der Waals surface area contributed by atoms with E-state index in [9.17, 15) is 4.79 Å². The third-order valence-corrected chi connectivity index (χ3v) is 5.67. The van der Waals surface area contributed by atoms with E-state index in [0.717, 1.165) is 29.3 Å². The van der Waals surface area contributed by atoms with Gasteiger partial charge in [0.2, 0.25) is 0 Å². The molecule has 6 heteroatoms. The van der Waals surface area contributed by atoms with Crippen LogP contribution in [0.2, 0.25) is 5.02 Å². The number of aromatic nitrogens is 1. The third-order valence-electron chi connectivity index (χ3n) is 5.01. The topological polar surface area (TPSA) is 59.4 Å². The Labute approximate surface area is 163 Å². The number of thiol groups is 1. The number of hydrogen-bond acceptors (Lipinski definition) is 4. The van der Waals surface area contributed by atoms with Crippen molar-refractivity contribution in [1.29, 1.82) is 0 Å². The molecule has 26 heavy (non-hydrogen) atoms. The van der Waals surface area contributed by atoms with Crippen LogP contribution in [-0.4, -0.2) is 16.1 Å². The quantitative estimate of drug-likeness (QED) is 0.523. The van der Waals surface area contributed by atoms with Gasteiger partial charge in [-0.15, -0.1) is 12.6 Å². The highest BCUT2D eigenvalue weighted by atomic mass is 35.5. The normalized spacial score (nSPS) is 22.7. The molecule has 0 saturated heterocycles. The van der Waals surface area contributed by atoms with Crippen LogP contribution in [-0.2, 0) is 11.2 Å². The first-order chi connectivity index (χ1) is 12.5. The van der Waals surface area contributed by atoms with Gasteiger partial charge >= 0.3 is 5.97 Å². The monoisotopic (exact) mass is 389 g/mol. The molecule has 3 atom stereocenters. The Bertz CT molecular complexity index is 840. The first-order valence-electron chi connectivity index (χ1n) is 8.84. The molecule has 4 nitrogen and oxygen atoms in total. The van der Waals surface area contributed by atoms with Gasteiger partial charge in [0.15, 0.2) is 5.44 Å². The number of hydrogen-bond donors (Lipinski definition) is 2. The van der Waals surface area contributed by atoms with Crippen LogP contribution in [0.3, 0.4) is 0 Å². The summed E-state index contributed by atoms with van der Waals surface area (Å²) >= 11 is 10.9. The molecular weight excluding hydrogens is 370 g/mol. The Morgan fingerprint density at radius 3 is 2.81 bits per heavy atom. The molecule has 1 aromatic heterocycles. The van der Waals surface area contributed by atoms with Crippen molar-refractivity contribution in [1.82, 2.24) is 4.98 Å². The van der Waals surface area contributed by atoms with Gasteiger partial charge in [-0.2, -0.15) is 0 Å². The van der Waals surface area contributed by atoms with Gasteiger partial charge in [-0.3, -0.25) is 9.78 Å². The molecule has 0 aliphatic heterocycles. The van der Waals surface area contributed by atoms with Gasteiger partial charge in [0.05, 0.1) is 16.6 Å². The fraction of sp³-hybridized carbons (Fsp3) is 0.400. The molecule has 0 amide bonds. The van der Waals surface area contributed by atoms with Gasteiger partial charge < -0.3 is 9.84 Å². The summed E-state index contributed by atoms with van der Waals surface area (Å²) in [5.41, 5.74) is 2.27. The summed E-state index contributed by atoms with van der Waals surface area (Å²) in [7, 11) is 0. The number of carboxylic acids is 1. The fourth-order valence-electron chi connectivity index (χ4n) is 3.23. The molecule has 0 bridgehead atoms. The average Bonchev–Trinajstić information content (AvgIpc) is 3.51. The van der Waals surface area contributed by atoms with Crippen molar-refractivity contribution >= 4 is 30.2 Å². The molecule has 2 saturated carbocycles. The van der Waals surface area contributed by atoms with E-state index in [2.05, 4.69) is 17.6 Å². The molecule has 1 heterocycles. The van der Waals surface area contributed by atoms with Crippen molar-refractivity contribution in [2.24, 2.45) is 11.8 Å². The number of rotatable bonds is 7. The lowest BCUT2D eigenvalue weighted by atomic mass is 10.1. The Morgan fingerprint density at radius 1 is 1.35 bits per heavy atom. The second-order valence-electron chi connectivity index (χ2n) is 7.15. The highest BCUT2D eigenvalue weighted by Gasteiger charge is 2.44. The summed E-state index contributed by atoms with van der Waals surface area (Å²) < 4.78 is 5.89. The Hall–Kier alpha value is -1.72. The predicted octanol–water partition coefficient (Wildman–Crippen LogP) is 4.88. The predicted molar refractivity (Wildman–Crippen MR) is 103 cm³/mol. The van der Waals surface area contributed by atoms with Gasteiger partial charge in [0.25, 0.3) is 0 Å². The number of pyridine rings is 1. The lowest BCUT2D eigenvalue weighted by Gasteiger charge is -2.16. The highest BCUT2D eigenvalue weighted by molar-refractivity contribution is 7.80. The van der Waals surface area contributed by atoms with E-state index in [0.29, 0.717) is 17.2 Å². The molecule has 0 spiro atoms. The zero-order valence-electron chi connectivity index (χ0n) is 14.1. The van der Waals surface area contributed by atoms with Crippen LogP contribution in [0.5, 0.6) is 5.75 Å². The van der Waals surface area contributed by atoms with Crippen molar-refractivity contribution in [3.8, 4) is 5.75 Å². The smallest absolute Gasteiger partial charge is 0.307 e. The molecule has 4 rings (SSSR count). The molecule has 2 fully saturated rings. The van der Waals surface area contributed by atoms with Crippen molar-refractivity contribution < 1.29 is 14.6 Å². The number of carbonyl (C=O) groups is 1. The standard InChI is InChI=1S/C20H20ClNO3S/c21-16-9-12(14-10-15(14)19(23)24)6-7-18(16)25-20(26)17-3-1-2-13(22-17)8-11-4-5-11/h1-3,6-7,9,11,14-15,20,26H,4-5,8,10H2,(H,23,24). The maximum atomic E-state index is 11.0. The van der Waals surface area contributed by atoms with Gasteiger partial charge in [-0.25, -0.2) is 0 Å². The number of nitrogens with zero attached hydrogens (tertiary/aromatic N) is 1. The lowest BCUT2D eigenvalue weighted by molar-refractivity contribution is -0.138. The summed E-state index contributed by atoms with van der Waals surface area (Å²) in [4.78, 5) is 15.7. The zero-order valence-corrected chi connectivity index (χ0v) is 15.8. The number of aliphatic carboxylic acids is 1. The first kappa shape index (κ1) is 17.7. The Kier molecular flexibility index (Phi) is 4.84. The van der Waals surface area contributed by atoms with Crippen molar-refractivity contribution in [3.05, 3.63) is 58.4 Å². The molecule has 2 aliphatic carbocycles. The second-order valence-corrected chi connectivity index (χ2v) is 8.02. The van der Waals surface area contributed by atoms with Crippen LogP contribution in [0.25, 0.3) is 0 Å². The van der Waals surface area contributed by atoms with Crippen molar-refractivity contribution in [2.75, 3.05) is 0 Å². The largest absolute Gasteiger partial charge is 0.481 e. The molecule has 136 valence electrons. The van der Waals surface area contributed by atoms with Crippen LogP contribution >= 0.6 is 24.2 Å². The molecule has 2 aromatic rings. The average molecular weight is 390 g/mol. The van der Waals surface area contributed by atoms with Crippen LogP contribution in [0.1, 0.15) is 47.6 Å². The number of benzene rings is 1. The zero-order chi connectivity index (χ0) is 18.3. The summed E-state index contributed by atoms with van der Waals surface area (Å²) in [5, 5.41) is 9.52. The summed E-state index contributed by atoms with van der Waals surface area (Å²) in [6, 6.07) is 11.4. The molecule has 3 unspecified atom stereocenters. The maximum Gasteiger partial charge on any atom is 0.307 e. The van der Waals surface area contributed by atoms with Gasteiger partial charge in [0, 0.05) is 5.69 Å². The molecule has 1 N–H and O–H groups in total. The van der Waals surface area contributed by atoms with E-state index >= 15 is 0 Å². The minimum atomic E-state index is -0.751.